The molecule has 2 heterocycles. The number of imidazole rings is 1. The number of aromatic nitrogens is 2. The van der Waals surface area contributed by atoms with Crippen LogP contribution in [0, 0.1) is 12.7 Å². The minimum atomic E-state index is -0.214. The SMILES string of the molecule is Cc1ccc(C(Cc2cn3ccsc3n2)NN)cc1F. The molecule has 0 radical (unpaired) electrons. The van der Waals surface area contributed by atoms with E-state index in [4.69, 9.17) is 5.84 Å². The smallest absolute Gasteiger partial charge is 0.193 e. The normalized spacial score (nSPS) is 12.9. The van der Waals surface area contributed by atoms with Crippen molar-refractivity contribution in [3.8, 4) is 0 Å². The molecule has 1 aromatic carbocycles. The van der Waals surface area contributed by atoms with E-state index >= 15 is 0 Å². The quantitative estimate of drug-likeness (QED) is 0.573. The number of nitrogens with two attached hydrogens (primary N) is 1. The second kappa shape index (κ2) is 5.32. The standard InChI is InChI=1S/C14H15FN4S/c1-9-2-3-10(6-12(9)15)13(18-16)7-11-8-19-4-5-20-14(19)17-11/h2-6,8,13,18H,7,16H2,1H3. The van der Waals surface area contributed by atoms with Gasteiger partial charge in [0.15, 0.2) is 4.96 Å². The number of fused-ring (bicyclic) bond motifs is 1. The molecule has 0 spiro atoms. The summed E-state index contributed by atoms with van der Waals surface area (Å²) >= 11 is 1.58. The second-order valence-electron chi connectivity index (χ2n) is 4.76. The first-order valence-electron chi connectivity index (χ1n) is 6.30. The summed E-state index contributed by atoms with van der Waals surface area (Å²) in [6.45, 7) is 1.74. The first-order chi connectivity index (χ1) is 9.67. The van der Waals surface area contributed by atoms with Crippen LogP contribution in [0.2, 0.25) is 0 Å². The van der Waals surface area contributed by atoms with E-state index < -0.39 is 0 Å². The maximum Gasteiger partial charge on any atom is 0.193 e. The number of hydrogen-bond donors (Lipinski definition) is 2. The number of benzene rings is 1. The van der Waals surface area contributed by atoms with E-state index in [1.807, 2.05) is 28.2 Å². The van der Waals surface area contributed by atoms with Gasteiger partial charge in [-0.05, 0) is 24.1 Å². The van der Waals surface area contributed by atoms with E-state index in [2.05, 4.69) is 10.4 Å². The average molecular weight is 290 g/mol. The van der Waals surface area contributed by atoms with Crippen LogP contribution < -0.4 is 11.3 Å². The minimum absolute atomic E-state index is 0.158. The lowest BCUT2D eigenvalue weighted by Crippen LogP contribution is -2.29. The Labute approximate surface area is 120 Å². The molecular formula is C14H15FN4S. The number of hydrazine groups is 1. The summed E-state index contributed by atoms with van der Waals surface area (Å²) in [6.07, 6.45) is 4.56. The predicted molar refractivity (Wildman–Crippen MR) is 78.0 cm³/mol. The van der Waals surface area contributed by atoms with Crippen LogP contribution in [0.4, 0.5) is 4.39 Å². The highest BCUT2D eigenvalue weighted by molar-refractivity contribution is 7.15. The van der Waals surface area contributed by atoms with Gasteiger partial charge in [-0.3, -0.25) is 15.7 Å². The van der Waals surface area contributed by atoms with Crippen molar-refractivity contribution in [2.45, 2.75) is 19.4 Å². The van der Waals surface area contributed by atoms with E-state index in [-0.39, 0.29) is 11.9 Å². The molecule has 0 aliphatic heterocycles. The maximum absolute atomic E-state index is 13.6. The molecule has 3 rings (SSSR count). The third-order valence-electron chi connectivity index (χ3n) is 3.36. The zero-order valence-corrected chi connectivity index (χ0v) is 11.8. The van der Waals surface area contributed by atoms with Gasteiger partial charge in [-0.2, -0.15) is 0 Å². The molecular weight excluding hydrogens is 275 g/mol. The fraction of sp³-hybridized carbons (Fsp3) is 0.214. The fourth-order valence-electron chi connectivity index (χ4n) is 2.18. The first kappa shape index (κ1) is 13.2. The predicted octanol–water partition coefficient (Wildman–Crippen LogP) is 2.59. The lowest BCUT2D eigenvalue weighted by molar-refractivity contribution is 0.539. The molecule has 1 unspecified atom stereocenters. The fourth-order valence-corrected chi connectivity index (χ4v) is 2.90. The van der Waals surface area contributed by atoms with Crippen LogP contribution in [0.25, 0.3) is 4.96 Å². The molecule has 0 saturated heterocycles. The summed E-state index contributed by atoms with van der Waals surface area (Å²) in [5.41, 5.74) is 5.13. The highest BCUT2D eigenvalue weighted by Gasteiger charge is 2.14. The average Bonchev–Trinajstić information content (AvgIpc) is 3.00. The Kier molecular flexibility index (Phi) is 3.52. The van der Waals surface area contributed by atoms with E-state index in [0.29, 0.717) is 12.0 Å². The molecule has 0 aliphatic carbocycles. The van der Waals surface area contributed by atoms with Gasteiger partial charge in [0.1, 0.15) is 5.82 Å². The maximum atomic E-state index is 13.6. The summed E-state index contributed by atoms with van der Waals surface area (Å²) in [5, 5.41) is 1.99. The van der Waals surface area contributed by atoms with Gasteiger partial charge in [0.25, 0.3) is 0 Å². The number of thiazole rings is 1. The van der Waals surface area contributed by atoms with Crippen molar-refractivity contribution in [1.29, 1.82) is 0 Å². The molecule has 0 bridgehead atoms. The molecule has 0 fully saturated rings. The molecule has 3 aromatic rings. The lowest BCUT2D eigenvalue weighted by Gasteiger charge is -2.15. The van der Waals surface area contributed by atoms with Crippen LogP contribution in [-0.4, -0.2) is 9.38 Å². The van der Waals surface area contributed by atoms with Gasteiger partial charge in [0.2, 0.25) is 0 Å². The van der Waals surface area contributed by atoms with Crippen LogP contribution in [0.15, 0.2) is 36.0 Å². The zero-order valence-electron chi connectivity index (χ0n) is 11.0. The number of hydrogen-bond acceptors (Lipinski definition) is 4. The topological polar surface area (TPSA) is 55.3 Å². The van der Waals surface area contributed by atoms with Gasteiger partial charge in [-0.1, -0.05) is 12.1 Å². The van der Waals surface area contributed by atoms with Crippen molar-refractivity contribution < 1.29 is 4.39 Å². The Bertz CT molecular complexity index is 705. The van der Waals surface area contributed by atoms with E-state index in [9.17, 15) is 4.39 Å². The van der Waals surface area contributed by atoms with Crippen molar-refractivity contribution in [3.63, 3.8) is 0 Å². The Morgan fingerprint density at radius 3 is 3.05 bits per heavy atom. The second-order valence-corrected chi connectivity index (χ2v) is 5.63. The van der Waals surface area contributed by atoms with Crippen LogP contribution in [-0.2, 0) is 6.42 Å². The van der Waals surface area contributed by atoms with E-state index in [1.165, 1.54) is 6.07 Å². The van der Waals surface area contributed by atoms with Crippen molar-refractivity contribution in [2.75, 3.05) is 0 Å². The summed E-state index contributed by atoms with van der Waals surface area (Å²) in [6, 6.07) is 5.02. The van der Waals surface area contributed by atoms with Crippen molar-refractivity contribution >= 4 is 16.3 Å². The molecule has 3 N–H and O–H groups in total. The first-order valence-corrected chi connectivity index (χ1v) is 7.18. The van der Waals surface area contributed by atoms with Crippen LogP contribution >= 0.6 is 11.3 Å². The summed E-state index contributed by atoms with van der Waals surface area (Å²) in [4.78, 5) is 5.47. The summed E-state index contributed by atoms with van der Waals surface area (Å²) < 4.78 is 15.6. The van der Waals surface area contributed by atoms with Gasteiger partial charge < -0.3 is 0 Å². The Hall–Kier alpha value is -1.76. The van der Waals surface area contributed by atoms with Crippen LogP contribution in [0.1, 0.15) is 22.9 Å². The molecule has 0 aliphatic rings. The lowest BCUT2D eigenvalue weighted by atomic mass is 10.0. The van der Waals surface area contributed by atoms with Crippen LogP contribution in [0.5, 0.6) is 0 Å². The Balaban J connectivity index is 1.85. The van der Waals surface area contributed by atoms with Crippen LogP contribution in [0.3, 0.4) is 0 Å². The van der Waals surface area contributed by atoms with E-state index in [0.717, 1.165) is 16.2 Å². The monoisotopic (exact) mass is 290 g/mol. The Morgan fingerprint density at radius 2 is 2.35 bits per heavy atom. The number of rotatable bonds is 4. The molecule has 0 amide bonds. The molecule has 2 aromatic heterocycles. The van der Waals surface area contributed by atoms with Gasteiger partial charge in [0, 0.05) is 24.2 Å². The van der Waals surface area contributed by atoms with E-state index in [1.54, 1.807) is 24.3 Å². The zero-order chi connectivity index (χ0) is 14.1. The number of nitrogens with zero attached hydrogens (tertiary/aromatic N) is 2. The largest absolute Gasteiger partial charge is 0.297 e. The Morgan fingerprint density at radius 1 is 1.50 bits per heavy atom. The summed E-state index contributed by atoms with van der Waals surface area (Å²) in [7, 11) is 0. The van der Waals surface area contributed by atoms with Gasteiger partial charge in [-0.25, -0.2) is 9.37 Å². The van der Waals surface area contributed by atoms with Gasteiger partial charge >= 0.3 is 0 Å². The van der Waals surface area contributed by atoms with Crippen molar-refractivity contribution in [2.24, 2.45) is 5.84 Å². The molecule has 4 nitrogen and oxygen atoms in total. The molecule has 0 saturated carbocycles. The number of aryl methyl sites for hydroxylation is 1. The third kappa shape index (κ3) is 2.45. The molecule has 1 atom stereocenters. The highest BCUT2D eigenvalue weighted by atomic mass is 32.1. The highest BCUT2D eigenvalue weighted by Crippen LogP contribution is 2.21. The third-order valence-corrected chi connectivity index (χ3v) is 4.13. The summed E-state index contributed by atoms with van der Waals surface area (Å²) in [5.74, 6) is 5.39. The number of nitrogens with one attached hydrogen (secondary N) is 1. The van der Waals surface area contributed by atoms with Gasteiger partial charge in [-0.15, -0.1) is 11.3 Å². The number of halogens is 1. The molecule has 20 heavy (non-hydrogen) atoms. The molecule has 6 heteroatoms. The minimum Gasteiger partial charge on any atom is -0.297 e. The van der Waals surface area contributed by atoms with Crippen molar-refractivity contribution in [1.82, 2.24) is 14.8 Å². The van der Waals surface area contributed by atoms with Gasteiger partial charge in [0.05, 0.1) is 11.7 Å². The molecule has 104 valence electrons. The van der Waals surface area contributed by atoms with Crippen molar-refractivity contribution in [3.05, 3.63) is 58.6 Å².